The van der Waals surface area contributed by atoms with Crippen LogP contribution in [0.3, 0.4) is 0 Å². The van der Waals surface area contributed by atoms with E-state index in [1.807, 2.05) is 0 Å². The maximum Gasteiger partial charge on any atom is 0.573 e. The van der Waals surface area contributed by atoms with Crippen LogP contribution in [0.1, 0.15) is 6.42 Å². The number of hydrogen-bond donors (Lipinski definition) is 2. The van der Waals surface area contributed by atoms with Crippen LogP contribution in [0.25, 0.3) is 0 Å². The van der Waals surface area contributed by atoms with Crippen LogP contribution in [-0.2, 0) is 0 Å². The molecule has 1 fully saturated rings. The number of nitrogens with zero attached hydrogens (tertiary/aromatic N) is 2. The van der Waals surface area contributed by atoms with Crippen LogP contribution in [0.15, 0.2) is 29.3 Å². The number of alkyl halides is 6. The summed E-state index contributed by atoms with van der Waals surface area (Å²) in [6.07, 6.45) is -8.60. The van der Waals surface area contributed by atoms with E-state index in [0.29, 0.717) is 12.1 Å². The molecule has 140 valence electrons. The molecule has 0 bridgehead atoms. The highest BCUT2D eigenvalue weighted by Crippen LogP contribution is 2.24. The van der Waals surface area contributed by atoms with Crippen molar-refractivity contribution in [3.05, 3.63) is 24.3 Å². The minimum Gasteiger partial charge on any atom is -0.406 e. The fraction of sp³-hybridized carbons (Fsp3) is 0.500. The molecule has 1 aromatic rings. The molecule has 1 unspecified atom stereocenters. The van der Waals surface area contributed by atoms with Crippen molar-refractivity contribution in [1.29, 1.82) is 0 Å². The maximum atomic E-state index is 12.3. The largest absolute Gasteiger partial charge is 0.573 e. The van der Waals surface area contributed by atoms with Crippen molar-refractivity contribution in [2.24, 2.45) is 10.7 Å². The summed E-state index contributed by atoms with van der Waals surface area (Å²) < 4.78 is 76.9. The first-order valence-electron chi connectivity index (χ1n) is 7.25. The number of likely N-dealkylation sites (tertiary alicyclic amines) is 1. The van der Waals surface area contributed by atoms with Crippen molar-refractivity contribution in [3.8, 4) is 5.75 Å². The number of benzene rings is 1. The summed E-state index contributed by atoms with van der Waals surface area (Å²) in [5, 5.41) is 2.67. The molecule has 25 heavy (non-hydrogen) atoms. The molecule has 0 radical (unpaired) electrons. The molecule has 0 amide bonds. The van der Waals surface area contributed by atoms with E-state index in [4.69, 9.17) is 5.73 Å². The number of ether oxygens (including phenoxy) is 1. The van der Waals surface area contributed by atoms with Gasteiger partial charge in [-0.2, -0.15) is 13.2 Å². The third-order valence-electron chi connectivity index (χ3n) is 3.33. The van der Waals surface area contributed by atoms with Gasteiger partial charge in [-0.3, -0.25) is 4.90 Å². The Bertz CT molecular complexity index is 599. The molecule has 1 aliphatic heterocycles. The van der Waals surface area contributed by atoms with Crippen LogP contribution in [-0.4, -0.2) is 49.1 Å². The molecule has 0 aliphatic carbocycles. The highest BCUT2D eigenvalue weighted by atomic mass is 19.4. The Hall–Kier alpha value is -2.17. The summed E-state index contributed by atoms with van der Waals surface area (Å²) >= 11 is 0. The first kappa shape index (κ1) is 19.2. The van der Waals surface area contributed by atoms with Gasteiger partial charge in [0.1, 0.15) is 5.75 Å². The van der Waals surface area contributed by atoms with Gasteiger partial charge >= 0.3 is 12.5 Å². The van der Waals surface area contributed by atoms with E-state index in [2.05, 4.69) is 15.0 Å². The van der Waals surface area contributed by atoms with Crippen LogP contribution >= 0.6 is 0 Å². The minimum atomic E-state index is -4.78. The van der Waals surface area contributed by atoms with Crippen LogP contribution in [0.4, 0.5) is 32.0 Å². The first-order chi connectivity index (χ1) is 11.5. The fourth-order valence-corrected chi connectivity index (χ4v) is 2.43. The quantitative estimate of drug-likeness (QED) is 0.486. The van der Waals surface area contributed by atoms with E-state index in [1.54, 1.807) is 0 Å². The Kier molecular flexibility index (Phi) is 5.65. The smallest absolute Gasteiger partial charge is 0.406 e. The average Bonchev–Trinajstić information content (AvgIpc) is 2.84. The van der Waals surface area contributed by atoms with Gasteiger partial charge in [-0.05, 0) is 30.7 Å². The number of anilines is 1. The second-order valence-corrected chi connectivity index (χ2v) is 5.50. The van der Waals surface area contributed by atoms with Gasteiger partial charge in [0.2, 0.25) is 0 Å². The standard InChI is InChI=1S/C14H16F6N4O/c15-13(16,17)8-24-6-5-10(7-24)23-12(21)22-9-1-3-11(4-2-9)25-14(18,19)20/h1-4,10H,5-8H2,(H3,21,22,23). The van der Waals surface area contributed by atoms with E-state index >= 15 is 0 Å². The summed E-state index contributed by atoms with van der Waals surface area (Å²) in [5.41, 5.74) is 6.06. The predicted molar refractivity (Wildman–Crippen MR) is 79.3 cm³/mol. The number of rotatable bonds is 4. The van der Waals surface area contributed by atoms with Gasteiger partial charge in [-0.25, -0.2) is 4.99 Å². The van der Waals surface area contributed by atoms with Crippen molar-refractivity contribution in [1.82, 2.24) is 4.90 Å². The van der Waals surface area contributed by atoms with Gasteiger partial charge in [-0.1, -0.05) is 0 Å². The van der Waals surface area contributed by atoms with Gasteiger partial charge in [0.25, 0.3) is 0 Å². The summed E-state index contributed by atoms with van der Waals surface area (Å²) in [7, 11) is 0. The zero-order valence-corrected chi connectivity index (χ0v) is 12.9. The average molecular weight is 370 g/mol. The maximum absolute atomic E-state index is 12.3. The van der Waals surface area contributed by atoms with Crippen molar-refractivity contribution >= 4 is 11.6 Å². The molecule has 0 saturated carbocycles. The number of nitrogens with two attached hydrogens (primary N) is 1. The molecular weight excluding hydrogens is 354 g/mol. The zero-order valence-electron chi connectivity index (χ0n) is 12.9. The second-order valence-electron chi connectivity index (χ2n) is 5.50. The lowest BCUT2D eigenvalue weighted by atomic mass is 10.3. The first-order valence-corrected chi connectivity index (χ1v) is 7.25. The van der Waals surface area contributed by atoms with Crippen LogP contribution in [0, 0.1) is 0 Å². The molecule has 3 N–H and O–H groups in total. The Balaban J connectivity index is 1.87. The molecule has 11 heteroatoms. The second kappa shape index (κ2) is 7.38. The Morgan fingerprint density at radius 3 is 2.40 bits per heavy atom. The van der Waals surface area contributed by atoms with Crippen LogP contribution in [0.2, 0.25) is 0 Å². The van der Waals surface area contributed by atoms with E-state index in [-0.39, 0.29) is 30.8 Å². The van der Waals surface area contributed by atoms with Gasteiger partial charge in [0.05, 0.1) is 12.6 Å². The molecular formula is C14H16F6N4O. The summed E-state index contributed by atoms with van der Waals surface area (Å²) in [6.45, 7) is -0.586. The predicted octanol–water partition coefficient (Wildman–Crippen LogP) is 2.95. The third kappa shape index (κ3) is 7.08. The summed E-state index contributed by atoms with van der Waals surface area (Å²) in [6, 6.07) is 4.46. The zero-order chi connectivity index (χ0) is 18.7. The molecule has 5 nitrogen and oxygen atoms in total. The van der Waals surface area contributed by atoms with E-state index < -0.39 is 19.1 Å². The van der Waals surface area contributed by atoms with Gasteiger partial charge < -0.3 is 15.8 Å². The number of aliphatic imine (C=N–C) groups is 1. The van der Waals surface area contributed by atoms with Gasteiger partial charge in [0.15, 0.2) is 5.96 Å². The van der Waals surface area contributed by atoms with E-state index in [0.717, 1.165) is 12.1 Å². The van der Waals surface area contributed by atoms with Crippen molar-refractivity contribution in [3.63, 3.8) is 0 Å². The monoisotopic (exact) mass is 370 g/mol. The Morgan fingerprint density at radius 1 is 1.20 bits per heavy atom. The lowest BCUT2D eigenvalue weighted by molar-refractivity contribution is -0.274. The molecule has 2 rings (SSSR count). The Labute approximate surface area is 139 Å². The van der Waals surface area contributed by atoms with E-state index in [9.17, 15) is 26.3 Å². The summed E-state index contributed by atoms with van der Waals surface area (Å²) in [4.78, 5) is 5.34. The fourth-order valence-electron chi connectivity index (χ4n) is 2.43. The van der Waals surface area contributed by atoms with Gasteiger partial charge in [-0.15, -0.1) is 13.2 Å². The van der Waals surface area contributed by atoms with Gasteiger partial charge in [0, 0.05) is 18.8 Å². The number of halogens is 6. The number of guanidine groups is 1. The molecule has 1 atom stereocenters. The molecule has 0 aromatic heterocycles. The highest BCUT2D eigenvalue weighted by molar-refractivity contribution is 5.92. The normalized spacial score (nSPS) is 19.9. The lowest BCUT2D eigenvalue weighted by Gasteiger charge is -2.17. The van der Waals surface area contributed by atoms with Crippen molar-refractivity contribution in [2.75, 3.05) is 25.0 Å². The summed E-state index contributed by atoms with van der Waals surface area (Å²) in [5.74, 6) is -0.407. The lowest BCUT2D eigenvalue weighted by Crippen LogP contribution is -2.33. The van der Waals surface area contributed by atoms with Crippen LogP contribution < -0.4 is 15.8 Å². The van der Waals surface area contributed by atoms with Crippen molar-refractivity contribution < 1.29 is 31.1 Å². The van der Waals surface area contributed by atoms with Crippen molar-refractivity contribution in [2.45, 2.75) is 25.0 Å². The highest BCUT2D eigenvalue weighted by Gasteiger charge is 2.34. The molecule has 1 saturated heterocycles. The molecule has 1 heterocycles. The Morgan fingerprint density at radius 2 is 1.84 bits per heavy atom. The number of nitrogens with one attached hydrogen (secondary N) is 1. The van der Waals surface area contributed by atoms with Crippen LogP contribution in [0.5, 0.6) is 5.75 Å². The molecule has 1 aliphatic rings. The van der Waals surface area contributed by atoms with E-state index in [1.165, 1.54) is 17.0 Å². The third-order valence-corrected chi connectivity index (χ3v) is 3.33. The topological polar surface area (TPSA) is 62.9 Å². The molecule has 1 aromatic carbocycles. The SMILES string of the molecule is NC(=NC1CCN(CC(F)(F)F)C1)Nc1ccc(OC(F)(F)F)cc1. The minimum absolute atomic E-state index is 0.0247. The number of hydrogen-bond acceptors (Lipinski definition) is 3. The molecule has 0 spiro atoms.